The van der Waals surface area contributed by atoms with Gasteiger partial charge in [-0.05, 0) is 31.2 Å². The summed E-state index contributed by atoms with van der Waals surface area (Å²) in [7, 11) is -3.81. The van der Waals surface area contributed by atoms with Crippen LogP contribution in [0.4, 0.5) is 0 Å². The molecule has 0 aliphatic heterocycles. The standard InChI is InChI=1S/C15H15N5O5S2/c1-2-25-12(21)8-26-15-18-13-11(14(22)19-15)7-17-20(13)9-3-5-10(6-4-9)27(16,23)24/h3-7H,2,8H2,1H3,(H2,16,23,24)(H,18,19,22). The zero-order chi connectivity index (χ0) is 19.6. The number of aromatic amines is 1. The fourth-order valence-electron chi connectivity index (χ4n) is 2.26. The van der Waals surface area contributed by atoms with Gasteiger partial charge in [0.2, 0.25) is 10.0 Å². The molecule has 0 amide bonds. The van der Waals surface area contributed by atoms with Crippen LogP contribution in [0.15, 0.2) is 45.3 Å². The lowest BCUT2D eigenvalue weighted by Gasteiger charge is -2.05. The molecule has 0 aliphatic rings. The van der Waals surface area contributed by atoms with Crippen molar-refractivity contribution in [2.24, 2.45) is 5.14 Å². The monoisotopic (exact) mass is 409 g/mol. The first-order valence-electron chi connectivity index (χ1n) is 7.69. The second kappa shape index (κ2) is 7.50. The second-order valence-electron chi connectivity index (χ2n) is 5.30. The fourth-order valence-corrected chi connectivity index (χ4v) is 3.43. The second-order valence-corrected chi connectivity index (χ2v) is 7.82. The van der Waals surface area contributed by atoms with E-state index in [-0.39, 0.29) is 33.4 Å². The van der Waals surface area contributed by atoms with Crippen molar-refractivity contribution in [3.05, 3.63) is 40.8 Å². The summed E-state index contributed by atoms with van der Waals surface area (Å²) in [4.78, 5) is 30.6. The summed E-state index contributed by atoms with van der Waals surface area (Å²) in [6, 6.07) is 5.67. The van der Waals surface area contributed by atoms with Crippen LogP contribution in [0.3, 0.4) is 0 Å². The van der Waals surface area contributed by atoms with Gasteiger partial charge < -0.3 is 9.72 Å². The first-order valence-corrected chi connectivity index (χ1v) is 10.2. The number of fused-ring (bicyclic) bond motifs is 1. The first kappa shape index (κ1) is 19.1. The lowest BCUT2D eigenvalue weighted by molar-refractivity contribution is -0.139. The number of carbonyl (C=O) groups is 1. The molecule has 0 aliphatic carbocycles. The number of carbonyl (C=O) groups excluding carboxylic acids is 1. The number of H-pyrrole nitrogens is 1. The smallest absolute Gasteiger partial charge is 0.316 e. The minimum atomic E-state index is -3.81. The quantitative estimate of drug-likeness (QED) is 0.338. The summed E-state index contributed by atoms with van der Waals surface area (Å²) in [6.45, 7) is 1.97. The summed E-state index contributed by atoms with van der Waals surface area (Å²) >= 11 is 1.03. The normalized spacial score (nSPS) is 11.6. The number of ether oxygens (including phenoxy) is 1. The van der Waals surface area contributed by atoms with E-state index in [0.29, 0.717) is 5.69 Å². The molecule has 2 heterocycles. The molecular formula is C15H15N5O5S2. The number of nitrogens with zero attached hydrogens (tertiary/aromatic N) is 3. The average Bonchev–Trinajstić information content (AvgIpc) is 3.04. The van der Waals surface area contributed by atoms with Crippen molar-refractivity contribution in [3.8, 4) is 5.69 Å². The van der Waals surface area contributed by atoms with Crippen molar-refractivity contribution in [1.29, 1.82) is 0 Å². The van der Waals surface area contributed by atoms with Crippen molar-refractivity contribution in [1.82, 2.24) is 19.7 Å². The van der Waals surface area contributed by atoms with Gasteiger partial charge >= 0.3 is 5.97 Å². The third-order valence-electron chi connectivity index (χ3n) is 3.46. The van der Waals surface area contributed by atoms with Crippen molar-refractivity contribution in [2.75, 3.05) is 12.4 Å². The number of thioether (sulfide) groups is 1. The van der Waals surface area contributed by atoms with Crippen LogP contribution >= 0.6 is 11.8 Å². The van der Waals surface area contributed by atoms with Gasteiger partial charge in [0.25, 0.3) is 5.56 Å². The highest BCUT2D eigenvalue weighted by Crippen LogP contribution is 2.19. The minimum Gasteiger partial charge on any atom is -0.465 e. The maximum Gasteiger partial charge on any atom is 0.316 e. The number of hydrogen-bond donors (Lipinski definition) is 2. The Bertz CT molecular complexity index is 1150. The molecule has 27 heavy (non-hydrogen) atoms. The van der Waals surface area contributed by atoms with E-state index in [1.807, 2.05) is 0 Å². The largest absolute Gasteiger partial charge is 0.465 e. The van der Waals surface area contributed by atoms with Crippen LogP contribution in [0.25, 0.3) is 16.7 Å². The molecule has 0 radical (unpaired) electrons. The molecule has 3 aromatic rings. The van der Waals surface area contributed by atoms with E-state index < -0.39 is 21.6 Å². The van der Waals surface area contributed by atoms with E-state index in [1.165, 1.54) is 35.1 Å². The van der Waals surface area contributed by atoms with Gasteiger partial charge in [0.05, 0.1) is 29.1 Å². The van der Waals surface area contributed by atoms with Gasteiger partial charge in [-0.3, -0.25) is 9.59 Å². The molecule has 0 spiro atoms. The van der Waals surface area contributed by atoms with E-state index in [1.54, 1.807) is 6.92 Å². The Labute approximate surface area is 157 Å². The molecule has 12 heteroatoms. The highest BCUT2D eigenvalue weighted by Gasteiger charge is 2.14. The van der Waals surface area contributed by atoms with Crippen molar-refractivity contribution in [2.45, 2.75) is 17.0 Å². The summed E-state index contributed by atoms with van der Waals surface area (Å²) in [5.74, 6) is -0.420. The van der Waals surface area contributed by atoms with Gasteiger partial charge in [0.15, 0.2) is 10.8 Å². The molecule has 142 valence electrons. The summed E-state index contributed by atoms with van der Waals surface area (Å²) < 4.78 is 29.0. The lowest BCUT2D eigenvalue weighted by Crippen LogP contribution is -2.13. The molecule has 3 N–H and O–H groups in total. The van der Waals surface area contributed by atoms with E-state index in [2.05, 4.69) is 15.1 Å². The van der Waals surface area contributed by atoms with Crippen molar-refractivity contribution >= 4 is 38.8 Å². The Balaban J connectivity index is 1.97. The van der Waals surface area contributed by atoms with E-state index in [4.69, 9.17) is 9.88 Å². The molecule has 0 atom stereocenters. The van der Waals surface area contributed by atoms with Crippen LogP contribution in [-0.2, 0) is 19.6 Å². The maximum absolute atomic E-state index is 12.2. The summed E-state index contributed by atoms with van der Waals surface area (Å²) in [5, 5.41) is 9.72. The number of sulfonamides is 1. The molecule has 0 saturated carbocycles. The third-order valence-corrected chi connectivity index (χ3v) is 5.23. The number of hydrogen-bond acceptors (Lipinski definition) is 8. The number of nitrogens with one attached hydrogen (secondary N) is 1. The van der Waals surface area contributed by atoms with Crippen molar-refractivity contribution < 1.29 is 17.9 Å². The predicted molar refractivity (Wildman–Crippen MR) is 98.2 cm³/mol. The third kappa shape index (κ3) is 4.18. The van der Waals surface area contributed by atoms with Crippen LogP contribution in [0.2, 0.25) is 0 Å². The van der Waals surface area contributed by atoms with Crippen LogP contribution < -0.4 is 10.7 Å². The minimum absolute atomic E-state index is 0.000516. The Morgan fingerprint density at radius 1 is 1.33 bits per heavy atom. The zero-order valence-corrected chi connectivity index (χ0v) is 15.7. The summed E-state index contributed by atoms with van der Waals surface area (Å²) in [5.41, 5.74) is 0.365. The molecule has 0 unspecified atom stereocenters. The maximum atomic E-state index is 12.2. The number of nitrogens with two attached hydrogens (primary N) is 1. The SMILES string of the molecule is CCOC(=O)CSc1nc2c(cnn2-c2ccc(S(N)(=O)=O)cc2)c(=O)[nH]1. The molecule has 0 bridgehead atoms. The van der Waals surface area contributed by atoms with Crippen LogP contribution in [0.1, 0.15) is 6.92 Å². The molecule has 0 saturated heterocycles. The topological polar surface area (TPSA) is 150 Å². The van der Waals surface area contributed by atoms with Gasteiger partial charge in [0.1, 0.15) is 5.39 Å². The lowest BCUT2D eigenvalue weighted by atomic mass is 10.3. The van der Waals surface area contributed by atoms with Gasteiger partial charge in [-0.2, -0.15) is 5.10 Å². The van der Waals surface area contributed by atoms with Gasteiger partial charge in [0, 0.05) is 0 Å². The molecule has 0 fully saturated rings. The van der Waals surface area contributed by atoms with Gasteiger partial charge in [-0.25, -0.2) is 23.2 Å². The predicted octanol–water partition coefficient (Wildman–Crippen LogP) is 0.411. The molecule has 3 rings (SSSR count). The van der Waals surface area contributed by atoms with Crippen LogP contribution in [-0.4, -0.2) is 46.5 Å². The van der Waals surface area contributed by atoms with Gasteiger partial charge in [-0.15, -0.1) is 0 Å². The molecule has 10 nitrogen and oxygen atoms in total. The van der Waals surface area contributed by atoms with E-state index in [0.717, 1.165) is 11.8 Å². The highest BCUT2D eigenvalue weighted by atomic mass is 32.2. The first-order chi connectivity index (χ1) is 12.8. The number of esters is 1. The molecule has 2 aromatic heterocycles. The van der Waals surface area contributed by atoms with E-state index >= 15 is 0 Å². The fraction of sp³-hybridized carbons (Fsp3) is 0.200. The Morgan fingerprint density at radius 3 is 2.67 bits per heavy atom. The zero-order valence-electron chi connectivity index (χ0n) is 14.1. The highest BCUT2D eigenvalue weighted by molar-refractivity contribution is 7.99. The average molecular weight is 409 g/mol. The summed E-state index contributed by atoms with van der Waals surface area (Å²) in [6.07, 6.45) is 1.36. The molecular weight excluding hydrogens is 394 g/mol. The van der Waals surface area contributed by atoms with Crippen molar-refractivity contribution in [3.63, 3.8) is 0 Å². The Kier molecular flexibility index (Phi) is 5.30. The molecule has 1 aromatic carbocycles. The Hall–Kier alpha value is -2.70. The Morgan fingerprint density at radius 2 is 2.04 bits per heavy atom. The van der Waals surface area contributed by atoms with Gasteiger partial charge in [-0.1, -0.05) is 11.8 Å². The number of benzene rings is 1. The number of rotatable bonds is 6. The van der Waals surface area contributed by atoms with Crippen LogP contribution in [0.5, 0.6) is 0 Å². The number of aromatic nitrogens is 4. The van der Waals surface area contributed by atoms with E-state index in [9.17, 15) is 18.0 Å². The number of primary sulfonamides is 1. The van der Waals surface area contributed by atoms with Crippen LogP contribution in [0, 0.1) is 0 Å².